The van der Waals surface area contributed by atoms with Crippen molar-refractivity contribution in [2.45, 2.75) is 39.3 Å². The van der Waals surface area contributed by atoms with Crippen LogP contribution in [0, 0.1) is 0 Å². The second-order valence-corrected chi connectivity index (χ2v) is 13.5. The number of aromatic amines is 2. The maximum Gasteiger partial charge on any atom is 0.373 e. The molecule has 5 aromatic rings. The van der Waals surface area contributed by atoms with Crippen molar-refractivity contribution in [1.29, 1.82) is 0 Å². The average molecular weight is 796 g/mol. The largest absolute Gasteiger partial charge is 0.477 e. The lowest BCUT2D eigenvalue weighted by atomic mass is 10.0. The Hall–Kier alpha value is -5.92. The van der Waals surface area contributed by atoms with E-state index in [0.717, 1.165) is 0 Å². The van der Waals surface area contributed by atoms with Gasteiger partial charge in [-0.15, -0.1) is 0 Å². The summed E-state index contributed by atoms with van der Waals surface area (Å²) in [6.45, 7) is 4.21. The number of nitrogens with one attached hydrogen (secondary N) is 2. The Bertz CT molecular complexity index is 2370. The molecule has 286 valence electrons. The van der Waals surface area contributed by atoms with E-state index in [1.807, 2.05) is 74.5 Å². The number of aromatic nitrogens is 4. The fourth-order valence-corrected chi connectivity index (χ4v) is 6.63. The maximum absolute atomic E-state index is 11.9. The molecule has 14 heteroatoms. The molecule has 0 fully saturated rings. The van der Waals surface area contributed by atoms with E-state index in [-0.39, 0.29) is 13.2 Å². The SMILES string of the molecule is CCCOC(Oc1cccc(-c2c3nc(c(Cl)c4ccc([nH]4)c(-c4cccc(OC(OCCC)C(=O)O)c4)c4nc(c(Cl)c5ccc2[nH]5)C=C4)C=C3)c1)C(=O)O. The van der Waals surface area contributed by atoms with Crippen LogP contribution in [0.25, 0.3) is 68.6 Å². The van der Waals surface area contributed by atoms with E-state index in [0.29, 0.717) is 101 Å². The number of hydrogen-bond acceptors (Lipinski definition) is 8. The number of carbonyl (C=O) groups is 2. The number of fused-ring (bicyclic) bond motifs is 8. The number of ether oxygens (including phenoxy) is 4. The molecule has 3 aromatic heterocycles. The normalized spacial score (nSPS) is 13.1. The van der Waals surface area contributed by atoms with Gasteiger partial charge in [-0.2, -0.15) is 0 Å². The minimum Gasteiger partial charge on any atom is -0.477 e. The molecule has 0 aliphatic carbocycles. The van der Waals surface area contributed by atoms with Crippen LogP contribution in [0.2, 0.25) is 10.0 Å². The summed E-state index contributed by atoms with van der Waals surface area (Å²) in [5, 5.41) is 20.1. The van der Waals surface area contributed by atoms with E-state index in [2.05, 4.69) is 9.97 Å². The third-order valence-corrected chi connectivity index (χ3v) is 9.50. The van der Waals surface area contributed by atoms with Crippen LogP contribution in [-0.2, 0) is 19.1 Å². The molecule has 2 aliphatic heterocycles. The van der Waals surface area contributed by atoms with Crippen molar-refractivity contribution in [3.63, 3.8) is 0 Å². The number of halogens is 2. The first kappa shape index (κ1) is 38.4. The molecule has 0 saturated carbocycles. The number of nitrogens with zero attached hydrogens (tertiary/aromatic N) is 2. The van der Waals surface area contributed by atoms with Crippen LogP contribution in [-0.4, -0.2) is 67.9 Å². The van der Waals surface area contributed by atoms with Gasteiger partial charge in [0.1, 0.15) is 11.5 Å². The third-order valence-electron chi connectivity index (χ3n) is 8.71. The Morgan fingerprint density at radius 3 is 1.39 bits per heavy atom. The quantitative estimate of drug-likeness (QED) is 0.0778. The van der Waals surface area contributed by atoms with Crippen LogP contribution in [0.15, 0.2) is 72.8 Å². The number of rotatable bonds is 14. The molecule has 0 saturated heterocycles. The van der Waals surface area contributed by atoms with E-state index < -0.39 is 24.5 Å². The summed E-state index contributed by atoms with van der Waals surface area (Å²) in [6.07, 6.45) is 5.62. The molecule has 2 unspecified atom stereocenters. The Kier molecular flexibility index (Phi) is 11.5. The monoisotopic (exact) mass is 794 g/mol. The van der Waals surface area contributed by atoms with Crippen molar-refractivity contribution >= 4 is 81.5 Å². The fraction of sp³-hybridized carbons (Fsp3) is 0.190. The van der Waals surface area contributed by atoms with Crippen molar-refractivity contribution in [3.05, 3.63) is 106 Å². The smallest absolute Gasteiger partial charge is 0.373 e. The van der Waals surface area contributed by atoms with Gasteiger partial charge in [0.05, 0.1) is 57.1 Å². The van der Waals surface area contributed by atoms with Crippen LogP contribution in [0.1, 0.15) is 49.5 Å². The van der Waals surface area contributed by atoms with Gasteiger partial charge < -0.3 is 39.1 Å². The summed E-state index contributed by atoms with van der Waals surface area (Å²) < 4.78 is 22.4. The summed E-state index contributed by atoms with van der Waals surface area (Å²) in [7, 11) is 0. The molecular weight excluding hydrogens is 759 g/mol. The molecule has 0 amide bonds. The molecule has 0 spiro atoms. The molecule has 0 radical (unpaired) electrons. The highest BCUT2D eigenvalue weighted by atomic mass is 35.5. The highest BCUT2D eigenvalue weighted by molar-refractivity contribution is 6.36. The van der Waals surface area contributed by atoms with E-state index in [1.165, 1.54) is 0 Å². The number of carboxylic acid groups (broad SMARTS) is 2. The van der Waals surface area contributed by atoms with Gasteiger partial charge in [-0.05, 0) is 96.8 Å². The van der Waals surface area contributed by atoms with E-state index in [1.54, 1.807) is 36.4 Å². The number of benzene rings is 2. The van der Waals surface area contributed by atoms with Gasteiger partial charge in [0.25, 0.3) is 12.6 Å². The lowest BCUT2D eigenvalue weighted by Gasteiger charge is -2.16. The molecule has 2 aliphatic rings. The van der Waals surface area contributed by atoms with Gasteiger partial charge in [-0.1, -0.05) is 61.3 Å². The zero-order valence-corrected chi connectivity index (χ0v) is 31.7. The van der Waals surface area contributed by atoms with Crippen LogP contribution >= 0.6 is 23.2 Å². The van der Waals surface area contributed by atoms with Gasteiger partial charge in [-0.3, -0.25) is 0 Å². The minimum atomic E-state index is -1.48. The number of H-pyrrole nitrogens is 2. The first-order valence-corrected chi connectivity index (χ1v) is 18.6. The highest BCUT2D eigenvalue weighted by Gasteiger charge is 2.23. The maximum atomic E-state index is 11.9. The average Bonchev–Trinajstić information content (AvgIpc) is 4.04. The van der Waals surface area contributed by atoms with Crippen LogP contribution in [0.4, 0.5) is 0 Å². The highest BCUT2D eigenvalue weighted by Crippen LogP contribution is 2.37. The van der Waals surface area contributed by atoms with Gasteiger partial charge >= 0.3 is 11.9 Å². The molecule has 2 atom stereocenters. The Labute approximate surface area is 331 Å². The fourth-order valence-electron chi connectivity index (χ4n) is 6.20. The van der Waals surface area contributed by atoms with E-state index in [4.69, 9.17) is 52.1 Å². The molecule has 5 heterocycles. The lowest BCUT2D eigenvalue weighted by Crippen LogP contribution is -2.30. The Morgan fingerprint density at radius 1 is 0.607 bits per heavy atom. The number of carboxylic acids is 2. The predicted molar refractivity (Wildman–Crippen MR) is 216 cm³/mol. The summed E-state index contributed by atoms with van der Waals surface area (Å²) in [4.78, 5) is 40.5. The zero-order valence-electron chi connectivity index (χ0n) is 30.2. The second-order valence-electron chi connectivity index (χ2n) is 12.8. The minimum absolute atomic E-state index is 0.224. The molecule has 8 bridgehead atoms. The lowest BCUT2D eigenvalue weighted by molar-refractivity contribution is -0.171. The van der Waals surface area contributed by atoms with Crippen molar-refractivity contribution in [3.8, 4) is 33.8 Å². The summed E-state index contributed by atoms with van der Waals surface area (Å²) >= 11 is 14.1. The zero-order chi connectivity index (χ0) is 39.3. The Balaban J connectivity index is 1.41. The Morgan fingerprint density at radius 2 is 1.00 bits per heavy atom. The van der Waals surface area contributed by atoms with Crippen LogP contribution in [0.5, 0.6) is 11.5 Å². The van der Waals surface area contributed by atoms with Crippen molar-refractivity contribution < 1.29 is 38.7 Å². The van der Waals surface area contributed by atoms with Gasteiger partial charge in [0.2, 0.25) is 0 Å². The van der Waals surface area contributed by atoms with Gasteiger partial charge in [-0.25, -0.2) is 19.6 Å². The number of hydrogen-bond donors (Lipinski definition) is 4. The van der Waals surface area contributed by atoms with Crippen molar-refractivity contribution in [2.75, 3.05) is 13.2 Å². The summed E-state index contributed by atoms with van der Waals surface area (Å²) in [5.41, 5.74) is 7.40. The first-order chi connectivity index (χ1) is 27.1. The molecule has 2 aromatic carbocycles. The van der Waals surface area contributed by atoms with Gasteiger partial charge in [0.15, 0.2) is 0 Å². The van der Waals surface area contributed by atoms with Gasteiger partial charge in [0, 0.05) is 22.2 Å². The molecule has 56 heavy (non-hydrogen) atoms. The van der Waals surface area contributed by atoms with Crippen LogP contribution < -0.4 is 9.47 Å². The standard InChI is InChI=1S/C42H36Cl2N4O8/c1-3-19-53-41(39(49)50)55-25-9-5-7-23(21-25)35-27-11-15-31(45-27)37(43)33-17-13-29(47-33)36(30-14-18-34(48-30)38(44)32-16-12-28(35)46-32)24-8-6-10-26(22-24)56-42(40(51)52)54-20-4-2/h5-18,21-22,41-42,45,48H,3-4,19-20H2,1-2H3,(H,49,50)(H,51,52). The van der Waals surface area contributed by atoms with E-state index >= 15 is 0 Å². The molecule has 7 rings (SSSR count). The molecule has 4 N–H and O–H groups in total. The predicted octanol–water partition coefficient (Wildman–Crippen LogP) is 9.73. The molecule has 12 nitrogen and oxygen atoms in total. The molecular formula is C42H36Cl2N4O8. The van der Waals surface area contributed by atoms with Crippen molar-refractivity contribution in [1.82, 2.24) is 19.9 Å². The van der Waals surface area contributed by atoms with Crippen molar-refractivity contribution in [2.24, 2.45) is 0 Å². The topological polar surface area (TPSA) is 169 Å². The second kappa shape index (κ2) is 16.8. The third kappa shape index (κ3) is 8.19. The number of aliphatic carboxylic acids is 2. The van der Waals surface area contributed by atoms with E-state index in [9.17, 15) is 19.8 Å². The summed E-state index contributed by atoms with van der Waals surface area (Å²) in [6, 6.07) is 21.5. The first-order valence-electron chi connectivity index (χ1n) is 17.8. The van der Waals surface area contributed by atoms with Crippen LogP contribution in [0.3, 0.4) is 0 Å². The summed E-state index contributed by atoms with van der Waals surface area (Å²) in [5.74, 6) is -1.89.